The summed E-state index contributed by atoms with van der Waals surface area (Å²) in [6.07, 6.45) is 1.24. The lowest BCUT2D eigenvalue weighted by molar-refractivity contribution is 0.0871. The largest absolute Gasteiger partial charge is 0.335 e. The molecule has 0 heterocycles. The fourth-order valence-electron chi connectivity index (χ4n) is 0.147. The van der Waals surface area contributed by atoms with Crippen LogP contribution in [0.15, 0.2) is 0 Å². The summed E-state index contributed by atoms with van der Waals surface area (Å²) < 4.78 is -1.50. The molecule has 53 valence electrons. The van der Waals surface area contributed by atoms with E-state index in [0.29, 0.717) is 0 Å². The summed E-state index contributed by atoms with van der Waals surface area (Å²) >= 11 is 15.6. The minimum atomic E-state index is -1.50. The number of carbonyl (C=O) groups excluding carboxylic acids is 1. The summed E-state index contributed by atoms with van der Waals surface area (Å²) in [5, 5.41) is 0. The molecule has 0 aliphatic heterocycles. The normalized spacial score (nSPS) is 11.0. The van der Waals surface area contributed by atoms with Gasteiger partial charge in [0.1, 0.15) is 6.61 Å². The Morgan fingerprint density at radius 2 is 2.11 bits per heavy atom. The zero-order valence-electron chi connectivity index (χ0n) is 4.16. The molecule has 0 aromatic heterocycles. The monoisotopic (exact) mass is 190 g/mol. The zero-order valence-corrected chi connectivity index (χ0v) is 6.43. The van der Waals surface area contributed by atoms with Crippen molar-refractivity contribution in [2.24, 2.45) is 0 Å². The van der Waals surface area contributed by atoms with E-state index >= 15 is 0 Å². The number of alkyl halides is 3. The van der Waals surface area contributed by atoms with Gasteiger partial charge in [-0.1, -0.05) is 34.8 Å². The van der Waals surface area contributed by atoms with Crippen LogP contribution in [0, 0.1) is 0 Å². The molecule has 0 aromatic rings. The highest BCUT2D eigenvalue weighted by atomic mass is 35.6. The Labute approximate surface area is 67.2 Å². The third kappa shape index (κ3) is 8.30. The predicted molar refractivity (Wildman–Crippen MR) is 35.1 cm³/mol. The third-order valence-electron chi connectivity index (χ3n) is 0.350. The van der Waals surface area contributed by atoms with Gasteiger partial charge in [0.05, 0.1) is 0 Å². The molecule has 0 saturated heterocycles. The predicted octanol–water partition coefficient (Wildman–Crippen LogP) is 0.945. The van der Waals surface area contributed by atoms with E-state index < -0.39 is 3.79 Å². The van der Waals surface area contributed by atoms with Crippen molar-refractivity contribution in [3.8, 4) is 0 Å². The van der Waals surface area contributed by atoms with E-state index in [9.17, 15) is 4.79 Å². The Bertz CT molecular complexity index is 91.5. The van der Waals surface area contributed by atoms with Crippen molar-refractivity contribution < 1.29 is 9.63 Å². The summed E-state index contributed by atoms with van der Waals surface area (Å²) in [5.74, 6) is 0. The molecule has 6 heteroatoms. The number of hydrogen-bond acceptors (Lipinski definition) is 2. The SMILES string of the molecule is O=[C]NOCC(Cl)(Cl)Cl. The van der Waals surface area contributed by atoms with E-state index in [0.717, 1.165) is 0 Å². The lowest BCUT2D eigenvalue weighted by Crippen LogP contribution is -2.21. The molecule has 0 atom stereocenters. The van der Waals surface area contributed by atoms with Crippen LogP contribution in [0.2, 0.25) is 0 Å². The van der Waals surface area contributed by atoms with E-state index in [2.05, 4.69) is 4.84 Å². The number of rotatable bonds is 3. The van der Waals surface area contributed by atoms with E-state index in [1.54, 1.807) is 5.48 Å². The van der Waals surface area contributed by atoms with Crippen molar-refractivity contribution in [1.82, 2.24) is 5.48 Å². The van der Waals surface area contributed by atoms with Crippen molar-refractivity contribution in [1.29, 1.82) is 0 Å². The van der Waals surface area contributed by atoms with Gasteiger partial charge in [0.25, 0.3) is 0 Å². The molecule has 9 heavy (non-hydrogen) atoms. The standard InChI is InChI=1S/C3H3Cl3NO2/c4-3(5,6)1-9-7-2-8/h1H2,(H,7,8). The molecule has 3 nitrogen and oxygen atoms in total. The van der Waals surface area contributed by atoms with Crippen LogP contribution in [0.3, 0.4) is 0 Å². The fraction of sp³-hybridized carbons (Fsp3) is 0.667. The number of hydroxylamine groups is 1. The second-order valence-corrected chi connectivity index (χ2v) is 3.62. The topological polar surface area (TPSA) is 38.3 Å². The molecule has 1 radical (unpaired) electrons. The van der Waals surface area contributed by atoms with Gasteiger partial charge in [-0.25, -0.2) is 5.48 Å². The molecular formula is C3H3Cl3NO2. The molecular weight excluding hydrogens is 188 g/mol. The van der Waals surface area contributed by atoms with E-state index in [-0.39, 0.29) is 6.61 Å². The number of amides is 1. The minimum Gasteiger partial charge on any atom is -0.269 e. The smallest absolute Gasteiger partial charge is 0.269 e. The maximum atomic E-state index is 9.40. The highest BCUT2D eigenvalue weighted by Crippen LogP contribution is 2.25. The van der Waals surface area contributed by atoms with E-state index in [1.807, 2.05) is 0 Å². The summed E-state index contributed by atoms with van der Waals surface area (Å²) in [6.45, 7) is -0.201. The second kappa shape index (κ2) is 4.17. The molecule has 0 saturated carbocycles. The van der Waals surface area contributed by atoms with Crippen molar-refractivity contribution in [2.75, 3.05) is 6.61 Å². The summed E-state index contributed by atoms with van der Waals surface area (Å²) in [7, 11) is 0. The fourth-order valence-corrected chi connectivity index (χ4v) is 0.311. The first-order valence-electron chi connectivity index (χ1n) is 1.87. The minimum absolute atomic E-state index is 0.201. The summed E-state index contributed by atoms with van der Waals surface area (Å²) in [4.78, 5) is 13.7. The Hall–Kier alpha value is 0.300. The quantitative estimate of drug-likeness (QED) is 0.312. The van der Waals surface area contributed by atoms with Crippen LogP contribution in [-0.2, 0) is 9.63 Å². The maximum absolute atomic E-state index is 9.40. The lowest BCUT2D eigenvalue weighted by atomic mass is 10.8. The van der Waals surface area contributed by atoms with Gasteiger partial charge >= 0.3 is 6.41 Å². The molecule has 0 unspecified atom stereocenters. The van der Waals surface area contributed by atoms with Crippen LogP contribution in [0.1, 0.15) is 0 Å². The lowest BCUT2D eigenvalue weighted by Gasteiger charge is -2.07. The molecule has 0 spiro atoms. The number of nitrogens with one attached hydrogen (secondary N) is 1. The number of halogens is 3. The Morgan fingerprint density at radius 1 is 1.56 bits per heavy atom. The van der Waals surface area contributed by atoms with Crippen LogP contribution in [0.25, 0.3) is 0 Å². The first-order valence-corrected chi connectivity index (χ1v) is 3.00. The maximum Gasteiger partial charge on any atom is 0.335 e. The van der Waals surface area contributed by atoms with Gasteiger partial charge in [-0.05, 0) is 0 Å². The molecule has 0 bridgehead atoms. The highest BCUT2D eigenvalue weighted by molar-refractivity contribution is 6.67. The van der Waals surface area contributed by atoms with Gasteiger partial charge in [0, 0.05) is 0 Å². The molecule has 1 N–H and O–H groups in total. The van der Waals surface area contributed by atoms with Gasteiger partial charge in [-0.15, -0.1) is 0 Å². The van der Waals surface area contributed by atoms with Crippen LogP contribution < -0.4 is 5.48 Å². The van der Waals surface area contributed by atoms with Crippen molar-refractivity contribution in [3.63, 3.8) is 0 Å². The van der Waals surface area contributed by atoms with Gasteiger partial charge in [-0.2, -0.15) is 0 Å². The first-order chi connectivity index (χ1) is 4.06. The van der Waals surface area contributed by atoms with Gasteiger partial charge < -0.3 is 0 Å². The number of hydrogen-bond donors (Lipinski definition) is 1. The van der Waals surface area contributed by atoms with Crippen molar-refractivity contribution in [2.45, 2.75) is 3.79 Å². The van der Waals surface area contributed by atoms with E-state index in [4.69, 9.17) is 34.8 Å². The molecule has 0 fully saturated rings. The van der Waals surface area contributed by atoms with Gasteiger partial charge in [0.2, 0.25) is 3.79 Å². The van der Waals surface area contributed by atoms with Gasteiger partial charge in [0.15, 0.2) is 0 Å². The average molecular weight is 191 g/mol. The van der Waals surface area contributed by atoms with E-state index in [1.165, 1.54) is 6.41 Å². The Kier molecular flexibility index (Phi) is 4.31. The van der Waals surface area contributed by atoms with Crippen molar-refractivity contribution in [3.05, 3.63) is 0 Å². The Balaban J connectivity index is 3.17. The zero-order chi connectivity index (χ0) is 7.33. The van der Waals surface area contributed by atoms with Crippen LogP contribution in [0.5, 0.6) is 0 Å². The Morgan fingerprint density at radius 3 is 2.44 bits per heavy atom. The summed E-state index contributed by atoms with van der Waals surface area (Å²) in [6, 6.07) is 0. The molecule has 0 aliphatic rings. The van der Waals surface area contributed by atoms with Crippen LogP contribution in [0.4, 0.5) is 0 Å². The molecule has 0 aliphatic carbocycles. The van der Waals surface area contributed by atoms with Gasteiger partial charge in [-0.3, -0.25) is 9.63 Å². The molecule has 0 aromatic carbocycles. The van der Waals surface area contributed by atoms with Crippen LogP contribution in [-0.4, -0.2) is 16.8 Å². The third-order valence-corrected chi connectivity index (χ3v) is 0.677. The first kappa shape index (κ1) is 9.30. The van der Waals surface area contributed by atoms with Crippen molar-refractivity contribution >= 4 is 41.2 Å². The second-order valence-electron chi connectivity index (χ2n) is 1.11. The molecule has 0 rings (SSSR count). The average Bonchev–Trinajstić information content (AvgIpc) is 1.63. The molecule has 1 amide bonds. The van der Waals surface area contributed by atoms with Crippen LogP contribution >= 0.6 is 34.8 Å². The summed E-state index contributed by atoms with van der Waals surface area (Å²) in [5.41, 5.74) is 1.75. The highest BCUT2D eigenvalue weighted by Gasteiger charge is 2.19.